The van der Waals surface area contributed by atoms with Crippen LogP contribution in [0.1, 0.15) is 35.0 Å². The summed E-state index contributed by atoms with van der Waals surface area (Å²) < 4.78 is 32.1. The smallest absolute Gasteiger partial charge is 0.348 e. The number of thioether (sulfide) groups is 1. The number of ether oxygens (including phenoxy) is 1. The molecule has 1 amide bonds. The van der Waals surface area contributed by atoms with Gasteiger partial charge in [0, 0.05) is 19.0 Å². The van der Waals surface area contributed by atoms with Gasteiger partial charge in [0.05, 0.1) is 11.5 Å². The number of anilines is 1. The lowest BCUT2D eigenvalue weighted by molar-refractivity contribution is -0.120. The van der Waals surface area contributed by atoms with E-state index in [1.165, 1.54) is 15.6 Å². The Labute approximate surface area is 193 Å². The van der Waals surface area contributed by atoms with Crippen molar-refractivity contribution >= 4 is 61.3 Å². The van der Waals surface area contributed by atoms with Crippen molar-refractivity contribution in [3.63, 3.8) is 0 Å². The summed E-state index contributed by atoms with van der Waals surface area (Å²) in [5, 5.41) is 16.1. The number of hydrogen-bond acceptors (Lipinski definition) is 9. The van der Waals surface area contributed by atoms with Gasteiger partial charge in [-0.2, -0.15) is 9.57 Å². The second-order valence-electron chi connectivity index (χ2n) is 6.73. The number of piperidine rings is 1. The normalized spacial score (nSPS) is 15.4. The molecule has 8 nitrogen and oxygen atoms in total. The number of nitriles is 1. The Morgan fingerprint density at radius 2 is 2.10 bits per heavy atom. The number of nitrogens with one attached hydrogen (secondary N) is 1. The third-order valence-corrected chi connectivity index (χ3v) is 10.2. The van der Waals surface area contributed by atoms with Crippen LogP contribution in [0.25, 0.3) is 0 Å². The van der Waals surface area contributed by atoms with Crippen LogP contribution < -0.4 is 5.32 Å². The predicted octanol–water partition coefficient (Wildman–Crippen LogP) is 3.91. The average Bonchev–Trinajstić information content (AvgIpc) is 3.39. The maximum absolute atomic E-state index is 12.8. The summed E-state index contributed by atoms with van der Waals surface area (Å²) in [7, 11) is -3.53. The Hall–Kier alpha value is -1.91. The molecule has 0 atom stereocenters. The summed E-state index contributed by atoms with van der Waals surface area (Å²) >= 11 is 3.14. The first kappa shape index (κ1) is 23.7. The van der Waals surface area contributed by atoms with Crippen LogP contribution in [0.5, 0.6) is 0 Å². The minimum absolute atomic E-state index is 0.228. The van der Waals surface area contributed by atoms with Crippen molar-refractivity contribution in [2.45, 2.75) is 35.8 Å². The lowest BCUT2D eigenvalue weighted by atomic mass is 9.97. The van der Waals surface area contributed by atoms with Gasteiger partial charge in [-0.25, -0.2) is 13.2 Å². The third-order valence-electron chi connectivity index (χ3n) is 4.85. The molecule has 1 aliphatic heterocycles. The van der Waals surface area contributed by atoms with Crippen molar-refractivity contribution in [1.82, 2.24) is 4.31 Å². The summed E-state index contributed by atoms with van der Waals surface area (Å²) in [6, 6.07) is 3.27. The zero-order valence-electron chi connectivity index (χ0n) is 16.9. The van der Waals surface area contributed by atoms with E-state index >= 15 is 0 Å². The predicted molar refractivity (Wildman–Crippen MR) is 121 cm³/mol. The molecule has 1 N–H and O–H groups in total. The van der Waals surface area contributed by atoms with Gasteiger partial charge < -0.3 is 10.1 Å². The molecule has 1 fully saturated rings. The number of esters is 1. The largest absolute Gasteiger partial charge is 0.462 e. The minimum atomic E-state index is -3.53. The van der Waals surface area contributed by atoms with Crippen molar-refractivity contribution in [1.29, 1.82) is 5.26 Å². The number of nitrogens with zero attached hydrogens (tertiary/aromatic N) is 2. The molecule has 0 aromatic carbocycles. The first-order valence-electron chi connectivity index (χ1n) is 9.50. The number of carbonyl (C=O) groups is 2. The molecule has 3 heterocycles. The van der Waals surface area contributed by atoms with Crippen molar-refractivity contribution in [2.24, 2.45) is 5.92 Å². The summed E-state index contributed by atoms with van der Waals surface area (Å²) in [5.74, 6) is -1.09. The highest BCUT2D eigenvalue weighted by atomic mass is 32.2. The van der Waals surface area contributed by atoms with Crippen LogP contribution in [0.4, 0.5) is 5.00 Å². The van der Waals surface area contributed by atoms with Gasteiger partial charge in [-0.1, -0.05) is 6.07 Å². The molecule has 2 aromatic heterocycles. The maximum atomic E-state index is 12.8. The highest BCUT2D eigenvalue weighted by molar-refractivity contribution is 8.04. The Balaban J connectivity index is 1.69. The molecule has 3 rings (SSSR count). The summed E-state index contributed by atoms with van der Waals surface area (Å²) in [6.45, 7) is 4.17. The maximum Gasteiger partial charge on any atom is 0.348 e. The summed E-state index contributed by atoms with van der Waals surface area (Å²) in [5.41, 5.74) is 0.599. The van der Waals surface area contributed by atoms with E-state index in [0.29, 0.717) is 37.4 Å². The second-order valence-corrected chi connectivity index (χ2v) is 11.7. The van der Waals surface area contributed by atoms with Crippen LogP contribution in [0, 0.1) is 23.5 Å². The molecule has 0 bridgehead atoms. The standard InChI is InChI=1S/C19H21N3O5S4/c1-3-27-19(24)16-12(2)15(29-11-20)18(30-16)21-17(23)13-6-8-22(9-7-13)31(25,26)14-5-4-10-28-14/h4-5,10,13H,3,6-9H2,1-2H3,(H,21,23). The molecule has 1 aliphatic rings. The first-order chi connectivity index (χ1) is 14.8. The number of thiocyanates is 1. The van der Waals surface area contributed by atoms with Crippen LogP contribution >= 0.6 is 34.4 Å². The highest BCUT2D eigenvalue weighted by Gasteiger charge is 2.33. The van der Waals surface area contributed by atoms with E-state index in [0.717, 1.165) is 23.1 Å². The molecule has 1 saturated heterocycles. The van der Waals surface area contributed by atoms with Gasteiger partial charge in [0.2, 0.25) is 5.91 Å². The summed E-state index contributed by atoms with van der Waals surface area (Å²) in [6.07, 6.45) is 0.790. The average molecular weight is 500 g/mol. The molecule has 0 saturated carbocycles. The van der Waals surface area contributed by atoms with Crippen LogP contribution in [0.3, 0.4) is 0 Å². The second kappa shape index (κ2) is 10.1. The molecule has 0 spiro atoms. The van der Waals surface area contributed by atoms with E-state index in [9.17, 15) is 18.0 Å². The molecule has 31 heavy (non-hydrogen) atoms. The van der Waals surface area contributed by atoms with Gasteiger partial charge in [0.25, 0.3) is 10.0 Å². The lowest BCUT2D eigenvalue weighted by Crippen LogP contribution is -2.41. The molecular weight excluding hydrogens is 478 g/mol. The summed E-state index contributed by atoms with van der Waals surface area (Å²) in [4.78, 5) is 25.9. The van der Waals surface area contributed by atoms with E-state index in [4.69, 9.17) is 10.00 Å². The first-order valence-corrected chi connectivity index (χ1v) is 13.5. The number of rotatable bonds is 7. The molecule has 12 heteroatoms. The quantitative estimate of drug-likeness (QED) is 0.349. The monoisotopic (exact) mass is 499 g/mol. The van der Waals surface area contributed by atoms with E-state index in [-0.39, 0.29) is 31.5 Å². The third kappa shape index (κ3) is 5.12. The number of hydrogen-bond donors (Lipinski definition) is 1. The van der Waals surface area contributed by atoms with Gasteiger partial charge in [0.1, 0.15) is 19.5 Å². The fourth-order valence-electron chi connectivity index (χ4n) is 3.25. The van der Waals surface area contributed by atoms with Crippen LogP contribution in [-0.4, -0.2) is 44.3 Å². The number of carbonyl (C=O) groups excluding carboxylic acids is 2. The van der Waals surface area contributed by atoms with Crippen LogP contribution in [0.2, 0.25) is 0 Å². The minimum Gasteiger partial charge on any atom is -0.462 e. The molecular formula is C19H21N3O5S4. The number of amides is 1. The number of sulfonamides is 1. The fourth-order valence-corrected chi connectivity index (χ4v) is 7.67. The molecule has 0 radical (unpaired) electrons. The van der Waals surface area contributed by atoms with Crippen LogP contribution in [-0.2, 0) is 19.6 Å². The molecule has 166 valence electrons. The number of thiophene rings is 2. The lowest BCUT2D eigenvalue weighted by Gasteiger charge is -2.30. The van der Waals surface area contributed by atoms with Crippen molar-refractivity contribution in [3.8, 4) is 5.40 Å². The SMILES string of the molecule is CCOC(=O)c1sc(NC(=O)C2CCN(S(=O)(=O)c3cccs3)CC2)c(SC#N)c1C. The fraction of sp³-hybridized carbons (Fsp3) is 0.421. The van der Waals surface area contributed by atoms with Crippen molar-refractivity contribution in [2.75, 3.05) is 25.0 Å². The molecule has 2 aromatic rings. The zero-order valence-corrected chi connectivity index (χ0v) is 20.2. The Morgan fingerprint density at radius 1 is 1.39 bits per heavy atom. The van der Waals surface area contributed by atoms with Crippen molar-refractivity contribution < 1.29 is 22.7 Å². The van der Waals surface area contributed by atoms with Gasteiger partial charge in [0.15, 0.2) is 0 Å². The van der Waals surface area contributed by atoms with E-state index < -0.39 is 16.0 Å². The zero-order chi connectivity index (χ0) is 22.6. The van der Waals surface area contributed by atoms with E-state index in [1.54, 1.807) is 31.4 Å². The van der Waals surface area contributed by atoms with Gasteiger partial charge in [-0.3, -0.25) is 4.79 Å². The van der Waals surface area contributed by atoms with E-state index in [2.05, 4.69) is 5.32 Å². The Morgan fingerprint density at radius 3 is 2.68 bits per heavy atom. The topological polar surface area (TPSA) is 117 Å². The Kier molecular flexibility index (Phi) is 7.77. The van der Waals surface area contributed by atoms with Gasteiger partial charge in [-0.15, -0.1) is 22.7 Å². The molecule has 0 unspecified atom stereocenters. The Bertz CT molecular complexity index is 1090. The highest BCUT2D eigenvalue weighted by Crippen LogP contribution is 2.40. The van der Waals surface area contributed by atoms with Crippen molar-refractivity contribution in [3.05, 3.63) is 28.0 Å². The van der Waals surface area contributed by atoms with E-state index in [1.807, 2.05) is 5.40 Å². The van der Waals surface area contributed by atoms with Gasteiger partial charge >= 0.3 is 5.97 Å². The van der Waals surface area contributed by atoms with Gasteiger partial charge in [-0.05, 0) is 55.5 Å². The molecule has 0 aliphatic carbocycles. The van der Waals surface area contributed by atoms with Crippen LogP contribution in [0.15, 0.2) is 26.6 Å².